The predicted octanol–water partition coefficient (Wildman–Crippen LogP) is 0.0814. The van der Waals surface area contributed by atoms with Crippen molar-refractivity contribution in [3.63, 3.8) is 0 Å². The normalized spacial score (nSPS) is 9.82. The third-order valence-electron chi connectivity index (χ3n) is 1.38. The fourth-order valence-corrected chi connectivity index (χ4v) is 0.879. The summed E-state index contributed by atoms with van der Waals surface area (Å²) in [6.45, 7) is 0. The smallest absolute Gasteiger partial charge is 0.166 e. The van der Waals surface area contributed by atoms with Gasteiger partial charge in [0.05, 0.1) is 5.10 Å². The number of hydrogen-bond donors (Lipinski definition) is 1. The fourth-order valence-electron chi connectivity index (χ4n) is 0.879. The maximum atomic E-state index is 3.80. The summed E-state index contributed by atoms with van der Waals surface area (Å²) < 4.78 is 0. The highest BCUT2D eigenvalue weighted by molar-refractivity contribution is 5.19. The number of aromatic nitrogens is 4. The van der Waals surface area contributed by atoms with E-state index in [9.17, 15) is 0 Å². The first-order valence-electron chi connectivity index (χ1n) is 3.30. The Hall–Kier alpha value is -1.71. The SMILES string of the molecule is c1ccc(-[n+]2nnc[nH]2)cc1. The third kappa shape index (κ3) is 1.10. The molecule has 2 rings (SSSR count). The molecule has 2 aromatic rings. The maximum Gasteiger partial charge on any atom is 0.269 e. The van der Waals surface area contributed by atoms with E-state index in [2.05, 4.69) is 15.4 Å². The molecule has 1 aromatic carbocycles. The zero-order valence-electron chi connectivity index (χ0n) is 5.81. The van der Waals surface area contributed by atoms with Crippen molar-refractivity contribution in [2.45, 2.75) is 0 Å². The molecular weight excluding hydrogens is 140 g/mol. The molecule has 0 fully saturated rings. The van der Waals surface area contributed by atoms with Gasteiger partial charge in [-0.3, -0.25) is 0 Å². The molecule has 0 radical (unpaired) electrons. The van der Waals surface area contributed by atoms with E-state index in [0.717, 1.165) is 5.69 Å². The molecule has 11 heavy (non-hydrogen) atoms. The van der Waals surface area contributed by atoms with Crippen molar-refractivity contribution in [2.75, 3.05) is 0 Å². The zero-order valence-corrected chi connectivity index (χ0v) is 5.81. The minimum Gasteiger partial charge on any atom is -0.166 e. The van der Waals surface area contributed by atoms with Crippen LogP contribution in [0.1, 0.15) is 0 Å². The maximum absolute atomic E-state index is 3.80. The van der Waals surface area contributed by atoms with E-state index >= 15 is 0 Å². The van der Waals surface area contributed by atoms with Crippen LogP contribution in [0.4, 0.5) is 0 Å². The number of nitrogens with one attached hydrogen (secondary N) is 1. The first-order valence-corrected chi connectivity index (χ1v) is 3.30. The second-order valence-corrected chi connectivity index (χ2v) is 2.11. The van der Waals surface area contributed by atoms with E-state index in [1.807, 2.05) is 30.3 Å². The van der Waals surface area contributed by atoms with Crippen LogP contribution < -0.4 is 4.80 Å². The molecule has 0 aliphatic carbocycles. The van der Waals surface area contributed by atoms with Crippen molar-refractivity contribution >= 4 is 0 Å². The van der Waals surface area contributed by atoms with Gasteiger partial charge < -0.3 is 0 Å². The Morgan fingerprint density at radius 1 is 1.18 bits per heavy atom. The molecule has 0 atom stereocenters. The standard InChI is InChI=1S/C7H6N4/c1-2-4-7(5-3-1)11-9-6-8-10-11/h1-6H/p+1. The van der Waals surface area contributed by atoms with Crippen LogP contribution in [0.25, 0.3) is 5.69 Å². The van der Waals surface area contributed by atoms with Crippen LogP contribution in [-0.2, 0) is 0 Å². The second-order valence-electron chi connectivity index (χ2n) is 2.11. The van der Waals surface area contributed by atoms with Crippen LogP contribution >= 0.6 is 0 Å². The summed E-state index contributed by atoms with van der Waals surface area (Å²) in [6.07, 6.45) is 1.53. The molecule has 0 saturated carbocycles. The zero-order chi connectivity index (χ0) is 7.52. The number of aromatic amines is 1. The predicted molar refractivity (Wildman–Crippen MR) is 37.9 cm³/mol. The lowest BCUT2D eigenvalue weighted by Crippen LogP contribution is -2.35. The first kappa shape index (κ1) is 6.03. The summed E-state index contributed by atoms with van der Waals surface area (Å²) in [5.41, 5.74) is 0.977. The minimum absolute atomic E-state index is 0.977. The van der Waals surface area contributed by atoms with Gasteiger partial charge in [0.25, 0.3) is 6.33 Å². The number of hydrogen-bond acceptors (Lipinski definition) is 2. The Kier molecular flexibility index (Phi) is 1.37. The summed E-state index contributed by atoms with van der Waals surface area (Å²) in [5.74, 6) is 0. The van der Waals surface area contributed by atoms with Crippen LogP contribution in [0.15, 0.2) is 36.7 Å². The van der Waals surface area contributed by atoms with Crippen LogP contribution in [-0.4, -0.2) is 15.4 Å². The van der Waals surface area contributed by atoms with E-state index in [4.69, 9.17) is 0 Å². The monoisotopic (exact) mass is 147 g/mol. The van der Waals surface area contributed by atoms with Gasteiger partial charge in [-0.25, -0.2) is 0 Å². The van der Waals surface area contributed by atoms with Gasteiger partial charge in [-0.1, -0.05) is 18.2 Å². The van der Waals surface area contributed by atoms with Gasteiger partial charge in [-0.05, 0) is 16.9 Å². The van der Waals surface area contributed by atoms with E-state index in [1.165, 1.54) is 6.33 Å². The molecule has 54 valence electrons. The van der Waals surface area contributed by atoms with Crippen molar-refractivity contribution in [3.8, 4) is 5.69 Å². The van der Waals surface area contributed by atoms with Crippen LogP contribution in [0, 0.1) is 0 Å². The molecule has 4 heteroatoms. The summed E-state index contributed by atoms with van der Waals surface area (Å²) in [6, 6.07) is 9.76. The molecule has 1 heterocycles. The van der Waals surface area contributed by atoms with Gasteiger partial charge in [-0.2, -0.15) is 5.10 Å². The average Bonchev–Trinajstić information content (AvgIpc) is 2.58. The minimum atomic E-state index is 0.977. The molecule has 4 nitrogen and oxygen atoms in total. The van der Waals surface area contributed by atoms with Gasteiger partial charge in [0.2, 0.25) is 0 Å². The molecule has 0 amide bonds. The first-order chi connectivity index (χ1) is 5.47. The van der Waals surface area contributed by atoms with Crippen molar-refractivity contribution in [1.82, 2.24) is 15.4 Å². The van der Waals surface area contributed by atoms with Gasteiger partial charge in [0, 0.05) is 0 Å². The topological polar surface area (TPSA) is 45.5 Å². The Labute approximate surface area is 63.5 Å². The molecule has 1 aromatic heterocycles. The fraction of sp³-hybridized carbons (Fsp3) is 0. The van der Waals surface area contributed by atoms with E-state index < -0.39 is 0 Å². The molecule has 0 aliphatic rings. The van der Waals surface area contributed by atoms with Crippen molar-refractivity contribution in [1.29, 1.82) is 0 Å². The van der Waals surface area contributed by atoms with Crippen LogP contribution in [0.5, 0.6) is 0 Å². The Bertz CT molecular complexity index is 313. The lowest BCUT2D eigenvalue weighted by atomic mass is 10.3. The Morgan fingerprint density at radius 3 is 2.64 bits per heavy atom. The van der Waals surface area contributed by atoms with Gasteiger partial charge in [0.1, 0.15) is 0 Å². The van der Waals surface area contributed by atoms with Crippen LogP contribution in [0.2, 0.25) is 0 Å². The van der Waals surface area contributed by atoms with Gasteiger partial charge in [-0.15, -0.1) is 0 Å². The quantitative estimate of drug-likeness (QED) is 0.581. The van der Waals surface area contributed by atoms with Gasteiger partial charge in [0.15, 0.2) is 10.9 Å². The van der Waals surface area contributed by atoms with Crippen molar-refractivity contribution in [2.24, 2.45) is 0 Å². The van der Waals surface area contributed by atoms with E-state index in [-0.39, 0.29) is 0 Å². The van der Waals surface area contributed by atoms with E-state index in [1.54, 1.807) is 4.80 Å². The lowest BCUT2D eigenvalue weighted by Gasteiger charge is -1.87. The number of nitrogens with zero attached hydrogens (tertiary/aromatic N) is 3. The molecule has 0 bridgehead atoms. The Balaban J connectivity index is 2.46. The van der Waals surface area contributed by atoms with Gasteiger partial charge >= 0.3 is 0 Å². The number of para-hydroxylation sites is 1. The number of rotatable bonds is 1. The largest absolute Gasteiger partial charge is 0.269 e. The Morgan fingerprint density at radius 2 is 2.00 bits per heavy atom. The lowest BCUT2D eigenvalue weighted by molar-refractivity contribution is -0.716. The summed E-state index contributed by atoms with van der Waals surface area (Å²) in [7, 11) is 0. The second kappa shape index (κ2) is 2.49. The molecular formula is C7H7N4+. The highest BCUT2D eigenvalue weighted by atomic mass is 15.6. The third-order valence-corrected chi connectivity index (χ3v) is 1.38. The molecule has 0 aliphatic heterocycles. The number of tetrazole rings is 1. The molecule has 1 N–H and O–H groups in total. The molecule has 0 unspecified atom stereocenters. The summed E-state index contributed by atoms with van der Waals surface area (Å²) >= 11 is 0. The highest BCUT2D eigenvalue weighted by Crippen LogP contribution is 1.93. The van der Waals surface area contributed by atoms with Crippen molar-refractivity contribution in [3.05, 3.63) is 36.7 Å². The number of benzene rings is 1. The number of H-pyrrole nitrogens is 1. The van der Waals surface area contributed by atoms with Crippen molar-refractivity contribution < 1.29 is 4.80 Å². The molecule has 0 saturated heterocycles. The van der Waals surface area contributed by atoms with E-state index in [0.29, 0.717) is 0 Å². The summed E-state index contributed by atoms with van der Waals surface area (Å²) in [5, 5.41) is 10.3. The average molecular weight is 147 g/mol. The molecule has 0 spiro atoms. The highest BCUT2D eigenvalue weighted by Gasteiger charge is 2.01. The van der Waals surface area contributed by atoms with Crippen LogP contribution in [0.3, 0.4) is 0 Å². The summed E-state index contributed by atoms with van der Waals surface area (Å²) in [4.78, 5) is 1.60.